The summed E-state index contributed by atoms with van der Waals surface area (Å²) < 4.78 is 42.2. The van der Waals surface area contributed by atoms with E-state index in [4.69, 9.17) is 19.5 Å². The van der Waals surface area contributed by atoms with Crippen molar-refractivity contribution in [2.24, 2.45) is 0 Å². The standard InChI is InChI=1S/C18H23N5O9P2/c19-16-13-17(21-8-20-16)23(9-22-13)18-15(25)14(24)12(32-18)7-31-34(29,10-33(26,27)28)30-6-11-4-2-1-3-5-11/h1-5,8-9,12,14-15,18,24-25H,6-7,10H2,(H2,19,20,21)(H2,26,27,28)/t12-,14-,15-,18-,34?/m1/s1. The van der Waals surface area contributed by atoms with E-state index in [-0.39, 0.29) is 23.6 Å². The molecular formula is C18H23N5O9P2. The van der Waals surface area contributed by atoms with Gasteiger partial charge in [-0.15, -0.1) is 0 Å². The summed E-state index contributed by atoms with van der Waals surface area (Å²) in [6.07, 6.45) is -2.78. The van der Waals surface area contributed by atoms with Crippen molar-refractivity contribution in [1.29, 1.82) is 0 Å². The first-order chi connectivity index (χ1) is 16.1. The molecule has 0 spiro atoms. The molecule has 1 fully saturated rings. The highest BCUT2D eigenvalue weighted by Gasteiger charge is 2.46. The molecule has 0 bridgehead atoms. The number of aromatic nitrogens is 4. The second-order valence-electron chi connectivity index (χ2n) is 7.60. The molecule has 4 rings (SSSR count). The molecule has 184 valence electrons. The van der Waals surface area contributed by atoms with Gasteiger partial charge >= 0.3 is 15.2 Å². The molecule has 2 aromatic heterocycles. The van der Waals surface area contributed by atoms with Crippen molar-refractivity contribution in [3.63, 3.8) is 0 Å². The van der Waals surface area contributed by atoms with Gasteiger partial charge in [-0.25, -0.2) is 15.0 Å². The van der Waals surface area contributed by atoms with Crippen LogP contribution in [0.3, 0.4) is 0 Å². The van der Waals surface area contributed by atoms with E-state index in [1.54, 1.807) is 30.3 Å². The van der Waals surface area contributed by atoms with E-state index in [0.717, 1.165) is 0 Å². The van der Waals surface area contributed by atoms with Gasteiger partial charge < -0.3 is 39.5 Å². The third-order valence-electron chi connectivity index (χ3n) is 5.06. The Balaban J connectivity index is 1.48. The van der Waals surface area contributed by atoms with Crippen molar-refractivity contribution < 1.29 is 42.9 Å². The maximum absolute atomic E-state index is 13.1. The number of benzene rings is 1. The highest BCUT2D eigenvalue weighted by molar-refractivity contribution is 7.70. The predicted octanol–water partition coefficient (Wildman–Crippen LogP) is 0.589. The van der Waals surface area contributed by atoms with E-state index in [1.807, 2.05) is 0 Å². The van der Waals surface area contributed by atoms with E-state index < -0.39 is 52.2 Å². The number of rotatable bonds is 9. The molecule has 0 aliphatic carbocycles. The van der Waals surface area contributed by atoms with Gasteiger partial charge in [0.2, 0.25) is 0 Å². The van der Waals surface area contributed by atoms with E-state index in [0.29, 0.717) is 5.56 Å². The third kappa shape index (κ3) is 5.52. The van der Waals surface area contributed by atoms with Gasteiger partial charge in [-0.1, -0.05) is 30.3 Å². The second kappa shape index (κ2) is 9.78. The van der Waals surface area contributed by atoms with Gasteiger partial charge in [-0.2, -0.15) is 0 Å². The fourth-order valence-electron chi connectivity index (χ4n) is 3.43. The molecule has 0 saturated carbocycles. The topological polar surface area (TPSA) is 212 Å². The zero-order chi connectivity index (χ0) is 24.5. The Kier molecular flexibility index (Phi) is 7.15. The Hall–Kier alpha value is -2.25. The van der Waals surface area contributed by atoms with Gasteiger partial charge in [0.15, 0.2) is 23.6 Å². The van der Waals surface area contributed by atoms with Crippen LogP contribution < -0.4 is 5.73 Å². The number of aliphatic hydroxyl groups is 2. The summed E-state index contributed by atoms with van der Waals surface area (Å²) in [5.41, 5.74) is 6.90. The summed E-state index contributed by atoms with van der Waals surface area (Å²) in [5.74, 6) is -1.05. The van der Waals surface area contributed by atoms with Crippen LogP contribution in [0.15, 0.2) is 43.0 Å². The number of hydrogen-bond donors (Lipinski definition) is 5. The lowest BCUT2D eigenvalue weighted by Crippen LogP contribution is -2.33. The molecule has 0 amide bonds. The smallest absolute Gasteiger partial charge is 0.343 e. The van der Waals surface area contributed by atoms with Crippen LogP contribution in [0.4, 0.5) is 5.82 Å². The zero-order valence-electron chi connectivity index (χ0n) is 17.6. The second-order valence-corrected chi connectivity index (χ2v) is 11.8. The number of nitrogens with zero attached hydrogens (tertiary/aromatic N) is 4. The lowest BCUT2D eigenvalue weighted by molar-refractivity contribution is -0.0491. The van der Waals surface area contributed by atoms with Gasteiger partial charge in [-0.3, -0.25) is 13.7 Å². The summed E-state index contributed by atoms with van der Waals surface area (Å²) in [4.78, 5) is 30.7. The number of ether oxygens (including phenoxy) is 1. The molecule has 3 heterocycles. The van der Waals surface area contributed by atoms with Crippen molar-refractivity contribution in [2.75, 3.05) is 18.2 Å². The summed E-state index contributed by atoms with van der Waals surface area (Å²) in [5, 5.41) is 21.0. The van der Waals surface area contributed by atoms with Crippen LogP contribution in [0, 0.1) is 0 Å². The Morgan fingerprint density at radius 1 is 1.06 bits per heavy atom. The van der Waals surface area contributed by atoms with Crippen molar-refractivity contribution in [3.05, 3.63) is 48.5 Å². The molecule has 34 heavy (non-hydrogen) atoms. The monoisotopic (exact) mass is 515 g/mol. The van der Waals surface area contributed by atoms with E-state index >= 15 is 0 Å². The van der Waals surface area contributed by atoms with Gasteiger partial charge in [0, 0.05) is 0 Å². The molecule has 0 radical (unpaired) electrons. The van der Waals surface area contributed by atoms with Crippen molar-refractivity contribution in [2.45, 2.75) is 31.1 Å². The normalized spacial score (nSPS) is 24.9. The molecule has 14 nitrogen and oxygen atoms in total. The van der Waals surface area contributed by atoms with Gasteiger partial charge in [0.25, 0.3) is 0 Å². The van der Waals surface area contributed by atoms with E-state index in [1.165, 1.54) is 17.2 Å². The first-order valence-electron chi connectivity index (χ1n) is 9.97. The first kappa shape index (κ1) is 24.9. The summed E-state index contributed by atoms with van der Waals surface area (Å²) in [7, 11) is -9.11. The highest BCUT2D eigenvalue weighted by atomic mass is 31.2. The van der Waals surface area contributed by atoms with E-state index in [2.05, 4.69) is 15.0 Å². The van der Waals surface area contributed by atoms with Crippen LogP contribution in [0.5, 0.6) is 0 Å². The maximum atomic E-state index is 13.1. The average molecular weight is 515 g/mol. The number of nitrogens with two attached hydrogens (primary N) is 1. The maximum Gasteiger partial charge on any atom is 0.343 e. The average Bonchev–Trinajstić information content (AvgIpc) is 3.33. The van der Waals surface area contributed by atoms with Crippen molar-refractivity contribution >= 4 is 32.2 Å². The zero-order valence-corrected chi connectivity index (χ0v) is 19.4. The van der Waals surface area contributed by atoms with E-state index in [9.17, 15) is 29.1 Å². The van der Waals surface area contributed by atoms with Crippen LogP contribution in [0.25, 0.3) is 11.2 Å². The molecule has 5 atom stereocenters. The number of nitrogen functional groups attached to an aromatic ring is 1. The summed E-state index contributed by atoms with van der Waals surface area (Å²) in [6, 6.07) is 8.56. The van der Waals surface area contributed by atoms with Crippen LogP contribution in [-0.4, -0.2) is 70.3 Å². The minimum Gasteiger partial charge on any atom is -0.387 e. The Morgan fingerprint density at radius 3 is 2.50 bits per heavy atom. The van der Waals surface area contributed by atoms with Crippen LogP contribution >= 0.6 is 15.2 Å². The minimum atomic E-state index is -4.79. The number of anilines is 1. The first-order valence-corrected chi connectivity index (χ1v) is 13.5. The van der Waals surface area contributed by atoms with Crippen molar-refractivity contribution in [1.82, 2.24) is 19.5 Å². The van der Waals surface area contributed by atoms with Gasteiger partial charge in [-0.05, 0) is 5.56 Å². The quantitative estimate of drug-likeness (QED) is 0.247. The molecule has 16 heteroatoms. The fraction of sp³-hybridized carbons (Fsp3) is 0.389. The number of hydrogen-bond acceptors (Lipinski definition) is 11. The van der Waals surface area contributed by atoms with Crippen LogP contribution in [0.1, 0.15) is 11.8 Å². The molecule has 1 saturated heterocycles. The van der Waals surface area contributed by atoms with Gasteiger partial charge in [0.05, 0.1) is 19.5 Å². The van der Waals surface area contributed by atoms with Crippen molar-refractivity contribution in [3.8, 4) is 0 Å². The third-order valence-corrected chi connectivity index (χ3v) is 8.99. The molecule has 6 N–H and O–H groups in total. The molecule has 1 aliphatic heterocycles. The summed E-state index contributed by atoms with van der Waals surface area (Å²) >= 11 is 0. The number of imidazole rings is 1. The predicted molar refractivity (Wildman–Crippen MR) is 117 cm³/mol. The number of fused-ring (bicyclic) bond motifs is 1. The van der Waals surface area contributed by atoms with Gasteiger partial charge in [0.1, 0.15) is 30.2 Å². The highest BCUT2D eigenvalue weighted by Crippen LogP contribution is 2.59. The van der Waals surface area contributed by atoms with Crippen LogP contribution in [-0.2, 0) is 29.5 Å². The molecular weight excluding hydrogens is 492 g/mol. The molecule has 1 aliphatic rings. The largest absolute Gasteiger partial charge is 0.387 e. The number of aliphatic hydroxyl groups excluding tert-OH is 2. The summed E-state index contributed by atoms with van der Waals surface area (Å²) in [6.45, 7) is -0.801. The van der Waals surface area contributed by atoms with Crippen LogP contribution in [0.2, 0.25) is 0 Å². The fourth-order valence-corrected chi connectivity index (χ4v) is 6.68. The lowest BCUT2D eigenvalue weighted by atomic mass is 10.1. The SMILES string of the molecule is Nc1ncnc2c1ncn2[C@@H]1O[C@H](COP(=O)(CP(=O)(O)O)OCc2ccccc2)[C@@H](O)[C@H]1O. The molecule has 3 aromatic rings. The lowest BCUT2D eigenvalue weighted by Gasteiger charge is -2.22. The molecule has 1 aromatic carbocycles. The molecule has 1 unspecified atom stereocenters. The Bertz CT molecular complexity index is 1240. The Morgan fingerprint density at radius 2 is 1.79 bits per heavy atom. The minimum absolute atomic E-state index is 0.116. The Labute approximate surface area is 193 Å².